The van der Waals surface area contributed by atoms with Crippen molar-refractivity contribution in [2.75, 3.05) is 0 Å². The van der Waals surface area contributed by atoms with Crippen molar-refractivity contribution >= 4 is 33.5 Å². The topological polar surface area (TPSA) is 60.7 Å². The van der Waals surface area contributed by atoms with E-state index in [2.05, 4.69) is 44.1 Å². The summed E-state index contributed by atoms with van der Waals surface area (Å²) in [7, 11) is 0. The third kappa shape index (κ3) is 4.22. The van der Waals surface area contributed by atoms with Gasteiger partial charge in [-0.25, -0.2) is 0 Å². The second kappa shape index (κ2) is 8.93. The molecule has 1 atom stereocenters. The Labute approximate surface area is 187 Å². The predicted octanol–water partition coefficient (Wildman–Crippen LogP) is 5.76. The molecule has 0 bridgehead atoms. The summed E-state index contributed by atoms with van der Waals surface area (Å²) in [5, 5.41) is 9.24. The molecular formula is C23H19BrN4OS. The van der Waals surface area contributed by atoms with Crippen molar-refractivity contribution in [2.24, 2.45) is 0 Å². The number of carbonyl (C=O) groups is 1. The molecule has 2 heterocycles. The second-order valence-electron chi connectivity index (χ2n) is 6.80. The van der Waals surface area contributed by atoms with Crippen LogP contribution in [-0.2, 0) is 0 Å². The molecule has 1 unspecified atom stereocenters. The van der Waals surface area contributed by atoms with Gasteiger partial charge in [-0.2, -0.15) is 0 Å². The molecule has 4 rings (SSSR count). The SMILES string of the molecule is Cc1ccccc1-n1c(SC(C)C(=O)c2ccc(Br)cc2)nnc1-c1ccncc1. The average molecular weight is 479 g/mol. The van der Waals surface area contributed by atoms with Crippen LogP contribution in [0.5, 0.6) is 0 Å². The monoisotopic (exact) mass is 478 g/mol. The van der Waals surface area contributed by atoms with Crippen LogP contribution in [0.2, 0.25) is 0 Å². The van der Waals surface area contributed by atoms with Crippen LogP contribution < -0.4 is 0 Å². The first kappa shape index (κ1) is 20.5. The molecule has 0 aliphatic heterocycles. The summed E-state index contributed by atoms with van der Waals surface area (Å²) in [5.74, 6) is 0.773. The van der Waals surface area contributed by atoms with E-state index in [0.29, 0.717) is 10.7 Å². The average Bonchev–Trinajstić information content (AvgIpc) is 3.18. The van der Waals surface area contributed by atoms with Gasteiger partial charge in [-0.15, -0.1) is 10.2 Å². The summed E-state index contributed by atoms with van der Waals surface area (Å²) in [6, 6.07) is 19.3. The van der Waals surface area contributed by atoms with Gasteiger partial charge in [-0.3, -0.25) is 14.3 Å². The molecule has 0 fully saturated rings. The number of benzene rings is 2. The quantitative estimate of drug-likeness (QED) is 0.260. The molecule has 5 nitrogen and oxygen atoms in total. The number of hydrogen-bond acceptors (Lipinski definition) is 5. The van der Waals surface area contributed by atoms with E-state index in [1.165, 1.54) is 11.8 Å². The number of Topliss-reactive ketones (excluding diaryl/α,β-unsaturated/α-hetero) is 1. The fourth-order valence-corrected chi connectivity index (χ4v) is 4.33. The summed E-state index contributed by atoms with van der Waals surface area (Å²) in [6.07, 6.45) is 3.47. The molecule has 0 saturated carbocycles. The zero-order valence-electron chi connectivity index (χ0n) is 16.5. The Morgan fingerprint density at radius 3 is 2.40 bits per heavy atom. The largest absolute Gasteiger partial charge is 0.293 e. The summed E-state index contributed by atoms with van der Waals surface area (Å²) in [5.41, 5.74) is 3.68. The predicted molar refractivity (Wildman–Crippen MR) is 123 cm³/mol. The van der Waals surface area contributed by atoms with Gasteiger partial charge in [0.1, 0.15) is 0 Å². The number of thioether (sulfide) groups is 1. The van der Waals surface area contributed by atoms with Gasteiger partial charge in [0.25, 0.3) is 0 Å². The highest BCUT2D eigenvalue weighted by Gasteiger charge is 2.23. The highest BCUT2D eigenvalue weighted by molar-refractivity contribution is 9.10. The van der Waals surface area contributed by atoms with E-state index in [9.17, 15) is 4.79 Å². The van der Waals surface area contributed by atoms with Gasteiger partial charge < -0.3 is 0 Å². The molecule has 2 aromatic carbocycles. The minimum absolute atomic E-state index is 0.0531. The van der Waals surface area contributed by atoms with E-state index in [1.807, 2.05) is 66.1 Å². The van der Waals surface area contributed by atoms with Crippen molar-refractivity contribution in [1.82, 2.24) is 19.7 Å². The second-order valence-corrected chi connectivity index (χ2v) is 9.02. The van der Waals surface area contributed by atoms with Crippen LogP contribution in [0.1, 0.15) is 22.8 Å². The summed E-state index contributed by atoms with van der Waals surface area (Å²) >= 11 is 4.82. The molecule has 0 spiro atoms. The van der Waals surface area contributed by atoms with Gasteiger partial charge in [-0.1, -0.05) is 58.0 Å². The van der Waals surface area contributed by atoms with Crippen LogP contribution >= 0.6 is 27.7 Å². The number of carbonyl (C=O) groups excluding carboxylic acids is 1. The maximum absolute atomic E-state index is 12.9. The number of nitrogens with zero attached hydrogens (tertiary/aromatic N) is 4. The highest BCUT2D eigenvalue weighted by atomic mass is 79.9. The van der Waals surface area contributed by atoms with Crippen LogP contribution in [-0.4, -0.2) is 30.8 Å². The number of halogens is 1. The highest BCUT2D eigenvalue weighted by Crippen LogP contribution is 2.32. The van der Waals surface area contributed by atoms with Crippen molar-refractivity contribution in [2.45, 2.75) is 24.3 Å². The Hall–Kier alpha value is -2.77. The Morgan fingerprint density at radius 2 is 1.70 bits per heavy atom. The molecule has 0 aliphatic carbocycles. The molecule has 150 valence electrons. The third-order valence-corrected chi connectivity index (χ3v) is 6.28. The van der Waals surface area contributed by atoms with Crippen LogP contribution in [0.4, 0.5) is 0 Å². The molecule has 0 aliphatic rings. The number of pyridine rings is 1. The van der Waals surface area contributed by atoms with E-state index >= 15 is 0 Å². The van der Waals surface area contributed by atoms with Gasteiger partial charge in [0.05, 0.1) is 10.9 Å². The number of hydrogen-bond donors (Lipinski definition) is 0. The molecular weight excluding hydrogens is 460 g/mol. The van der Waals surface area contributed by atoms with Gasteiger partial charge in [0, 0.05) is 28.0 Å². The normalized spacial score (nSPS) is 12.0. The Bertz CT molecular complexity index is 1180. The standard InChI is InChI=1S/C23H19BrN4OS/c1-15-5-3-4-6-20(15)28-22(18-11-13-25-14-12-18)26-27-23(28)30-16(2)21(29)17-7-9-19(24)10-8-17/h3-14,16H,1-2H3. The number of aromatic nitrogens is 4. The first-order valence-electron chi connectivity index (χ1n) is 9.43. The zero-order valence-corrected chi connectivity index (χ0v) is 18.9. The van der Waals surface area contributed by atoms with E-state index in [-0.39, 0.29) is 11.0 Å². The molecule has 0 amide bonds. The van der Waals surface area contributed by atoms with Crippen LogP contribution in [0.25, 0.3) is 17.1 Å². The lowest BCUT2D eigenvalue weighted by Crippen LogP contribution is -2.14. The van der Waals surface area contributed by atoms with E-state index in [1.54, 1.807) is 12.4 Å². The van der Waals surface area contributed by atoms with E-state index in [0.717, 1.165) is 27.1 Å². The Morgan fingerprint density at radius 1 is 1.00 bits per heavy atom. The Balaban J connectivity index is 1.73. The third-order valence-electron chi connectivity index (χ3n) is 4.71. The molecule has 30 heavy (non-hydrogen) atoms. The lowest BCUT2D eigenvalue weighted by Gasteiger charge is -2.15. The first-order chi connectivity index (χ1) is 14.5. The molecule has 0 saturated heterocycles. The summed E-state index contributed by atoms with van der Waals surface area (Å²) in [6.45, 7) is 3.95. The van der Waals surface area contributed by atoms with Crippen molar-refractivity contribution < 1.29 is 4.79 Å². The molecule has 0 radical (unpaired) electrons. The van der Waals surface area contributed by atoms with E-state index < -0.39 is 0 Å². The maximum Gasteiger partial charge on any atom is 0.196 e. The van der Waals surface area contributed by atoms with Crippen molar-refractivity contribution in [1.29, 1.82) is 0 Å². The minimum atomic E-state index is -0.316. The van der Waals surface area contributed by atoms with Gasteiger partial charge >= 0.3 is 0 Å². The Kier molecular flexibility index (Phi) is 6.11. The molecule has 2 aromatic heterocycles. The van der Waals surface area contributed by atoms with Crippen molar-refractivity contribution in [3.05, 3.63) is 88.7 Å². The van der Waals surface area contributed by atoms with Gasteiger partial charge in [0.15, 0.2) is 16.8 Å². The molecule has 0 N–H and O–H groups in total. The minimum Gasteiger partial charge on any atom is -0.293 e. The smallest absolute Gasteiger partial charge is 0.196 e. The zero-order chi connectivity index (χ0) is 21.1. The number of rotatable bonds is 6. The fraction of sp³-hybridized carbons (Fsp3) is 0.130. The number of para-hydroxylation sites is 1. The lowest BCUT2D eigenvalue weighted by atomic mass is 10.1. The van der Waals surface area contributed by atoms with Crippen LogP contribution in [0.3, 0.4) is 0 Å². The fourth-order valence-electron chi connectivity index (χ4n) is 3.13. The number of aryl methyl sites for hydroxylation is 1. The first-order valence-corrected chi connectivity index (χ1v) is 11.1. The molecule has 4 aromatic rings. The lowest BCUT2D eigenvalue weighted by molar-refractivity contribution is 0.0994. The van der Waals surface area contributed by atoms with Gasteiger partial charge in [0.2, 0.25) is 0 Å². The van der Waals surface area contributed by atoms with Crippen molar-refractivity contribution in [3.8, 4) is 17.1 Å². The summed E-state index contributed by atoms with van der Waals surface area (Å²) in [4.78, 5) is 17.0. The van der Waals surface area contributed by atoms with Gasteiger partial charge in [-0.05, 0) is 49.7 Å². The van der Waals surface area contributed by atoms with Crippen LogP contribution in [0, 0.1) is 6.92 Å². The van der Waals surface area contributed by atoms with E-state index in [4.69, 9.17) is 0 Å². The number of ketones is 1. The van der Waals surface area contributed by atoms with Crippen LogP contribution in [0.15, 0.2) is 82.7 Å². The van der Waals surface area contributed by atoms with Crippen molar-refractivity contribution in [3.63, 3.8) is 0 Å². The summed E-state index contributed by atoms with van der Waals surface area (Å²) < 4.78 is 2.96. The maximum atomic E-state index is 12.9. The molecule has 7 heteroatoms.